The molecule has 16 heavy (non-hydrogen) atoms. The highest BCUT2D eigenvalue weighted by Gasteiger charge is 2.30. The lowest BCUT2D eigenvalue weighted by atomic mass is 10.1. The molecule has 0 aromatic heterocycles. The summed E-state index contributed by atoms with van der Waals surface area (Å²) in [7, 11) is 1.79. The molecule has 0 aliphatic carbocycles. The van der Waals surface area contributed by atoms with Crippen LogP contribution in [0, 0.1) is 0 Å². The van der Waals surface area contributed by atoms with Crippen molar-refractivity contribution < 1.29 is 4.74 Å². The van der Waals surface area contributed by atoms with Gasteiger partial charge in [0.2, 0.25) is 0 Å². The van der Waals surface area contributed by atoms with Gasteiger partial charge in [0.25, 0.3) is 0 Å². The Hall–Kier alpha value is 0.230. The molecule has 1 heterocycles. The van der Waals surface area contributed by atoms with Crippen molar-refractivity contribution in [3.05, 3.63) is 0 Å². The molecule has 0 amide bonds. The van der Waals surface area contributed by atoms with Gasteiger partial charge in [0, 0.05) is 36.7 Å². The minimum atomic E-state index is 0.548. The second-order valence-electron chi connectivity index (χ2n) is 4.59. The molecule has 1 aliphatic rings. The predicted molar refractivity (Wildman–Crippen MR) is 72.0 cm³/mol. The summed E-state index contributed by atoms with van der Waals surface area (Å²) in [4.78, 5) is 2.61. The van der Waals surface area contributed by atoms with E-state index < -0.39 is 0 Å². The van der Waals surface area contributed by atoms with Gasteiger partial charge in [-0.25, -0.2) is 0 Å². The minimum Gasteiger partial charge on any atom is -0.383 e. The van der Waals surface area contributed by atoms with Gasteiger partial charge in [0.1, 0.15) is 0 Å². The van der Waals surface area contributed by atoms with Gasteiger partial charge >= 0.3 is 0 Å². The molecule has 1 aliphatic heterocycles. The van der Waals surface area contributed by atoms with Crippen LogP contribution in [0.2, 0.25) is 0 Å². The Morgan fingerprint density at radius 1 is 1.50 bits per heavy atom. The topological polar surface area (TPSA) is 38.5 Å². The summed E-state index contributed by atoms with van der Waals surface area (Å²) in [5.74, 6) is 1.24. The lowest BCUT2D eigenvalue weighted by molar-refractivity contribution is 0.0616. The van der Waals surface area contributed by atoms with E-state index in [-0.39, 0.29) is 0 Å². The average molecular weight is 246 g/mol. The van der Waals surface area contributed by atoms with Gasteiger partial charge in [-0.05, 0) is 26.3 Å². The van der Waals surface area contributed by atoms with Crippen LogP contribution < -0.4 is 5.73 Å². The number of hydrogen-bond acceptors (Lipinski definition) is 4. The van der Waals surface area contributed by atoms with Gasteiger partial charge in [0.15, 0.2) is 0 Å². The number of hydrogen-bond donors (Lipinski definition) is 1. The molecule has 2 N–H and O–H groups in total. The minimum absolute atomic E-state index is 0.548. The molecule has 1 fully saturated rings. The van der Waals surface area contributed by atoms with Crippen molar-refractivity contribution in [3.8, 4) is 0 Å². The molecule has 96 valence electrons. The van der Waals surface area contributed by atoms with E-state index in [1.54, 1.807) is 7.11 Å². The van der Waals surface area contributed by atoms with Crippen molar-refractivity contribution in [1.82, 2.24) is 4.90 Å². The molecule has 4 heteroatoms. The second-order valence-corrected chi connectivity index (χ2v) is 6.08. The highest BCUT2D eigenvalue weighted by Crippen LogP contribution is 2.27. The molecule has 0 spiro atoms. The van der Waals surface area contributed by atoms with Crippen LogP contribution in [0.15, 0.2) is 0 Å². The fraction of sp³-hybridized carbons (Fsp3) is 1.00. The van der Waals surface area contributed by atoms with Crippen LogP contribution in [0.4, 0.5) is 0 Å². The number of nitrogens with zero attached hydrogens (tertiary/aromatic N) is 1. The first-order valence-corrected chi connectivity index (χ1v) is 7.32. The fourth-order valence-electron chi connectivity index (χ4n) is 2.36. The maximum absolute atomic E-state index is 5.60. The Bertz CT molecular complexity index is 192. The third kappa shape index (κ3) is 3.91. The van der Waals surface area contributed by atoms with E-state index in [1.807, 2.05) is 0 Å². The molecule has 1 rings (SSSR count). The molecule has 3 atom stereocenters. The monoisotopic (exact) mass is 246 g/mol. The number of rotatable bonds is 6. The number of methoxy groups -OCH3 is 1. The first-order valence-electron chi connectivity index (χ1n) is 6.27. The molecule has 1 saturated heterocycles. The summed E-state index contributed by atoms with van der Waals surface area (Å²) in [6.07, 6.45) is 2.25. The molecule has 3 nitrogen and oxygen atoms in total. The Balaban J connectivity index is 2.53. The van der Waals surface area contributed by atoms with Crippen LogP contribution in [0.3, 0.4) is 0 Å². The van der Waals surface area contributed by atoms with E-state index in [2.05, 4.69) is 30.5 Å². The van der Waals surface area contributed by atoms with Crippen molar-refractivity contribution >= 4 is 11.8 Å². The van der Waals surface area contributed by atoms with E-state index in [1.165, 1.54) is 12.3 Å². The van der Waals surface area contributed by atoms with Crippen LogP contribution in [0.1, 0.15) is 26.7 Å². The number of nitrogens with two attached hydrogens (primary N) is 1. The van der Waals surface area contributed by atoms with Crippen LogP contribution >= 0.6 is 11.8 Å². The molecule has 0 saturated carbocycles. The molecule has 0 aromatic carbocycles. The molecule has 0 radical (unpaired) electrons. The lowest BCUT2D eigenvalue weighted by Gasteiger charge is -2.42. The van der Waals surface area contributed by atoms with Gasteiger partial charge in [-0.15, -0.1) is 0 Å². The van der Waals surface area contributed by atoms with E-state index in [9.17, 15) is 0 Å². The third-order valence-corrected chi connectivity index (χ3v) is 4.84. The SMILES string of the molecule is COCC(CCCN)N1CCSC(C)C1C. The van der Waals surface area contributed by atoms with Crippen LogP contribution in [0.25, 0.3) is 0 Å². The molecule has 0 aromatic rings. The van der Waals surface area contributed by atoms with E-state index in [4.69, 9.17) is 10.5 Å². The van der Waals surface area contributed by atoms with Gasteiger partial charge in [-0.2, -0.15) is 11.8 Å². The quantitative estimate of drug-likeness (QED) is 0.772. The van der Waals surface area contributed by atoms with Crippen molar-refractivity contribution in [2.24, 2.45) is 5.73 Å². The molecular weight excluding hydrogens is 220 g/mol. The van der Waals surface area contributed by atoms with E-state index in [0.717, 1.165) is 31.2 Å². The predicted octanol–water partition coefficient (Wildman–Crippen LogP) is 1.57. The lowest BCUT2D eigenvalue weighted by Crippen LogP contribution is -2.51. The van der Waals surface area contributed by atoms with Gasteiger partial charge in [-0.3, -0.25) is 4.90 Å². The third-order valence-electron chi connectivity index (χ3n) is 3.50. The normalized spacial score (nSPS) is 29.2. The number of thioether (sulfide) groups is 1. The summed E-state index contributed by atoms with van der Waals surface area (Å²) in [5.41, 5.74) is 5.60. The Kier molecular flexibility index (Phi) is 6.73. The highest BCUT2D eigenvalue weighted by molar-refractivity contribution is 8.00. The van der Waals surface area contributed by atoms with Crippen molar-refractivity contribution in [1.29, 1.82) is 0 Å². The Morgan fingerprint density at radius 3 is 2.88 bits per heavy atom. The summed E-state index contributed by atoms with van der Waals surface area (Å²) >= 11 is 2.08. The van der Waals surface area contributed by atoms with Crippen molar-refractivity contribution in [3.63, 3.8) is 0 Å². The molecular formula is C12H26N2OS. The van der Waals surface area contributed by atoms with Gasteiger partial charge < -0.3 is 10.5 Å². The zero-order valence-corrected chi connectivity index (χ0v) is 11.6. The zero-order valence-electron chi connectivity index (χ0n) is 10.8. The smallest absolute Gasteiger partial charge is 0.0618 e. The van der Waals surface area contributed by atoms with Crippen LogP contribution in [-0.2, 0) is 4.74 Å². The van der Waals surface area contributed by atoms with E-state index >= 15 is 0 Å². The van der Waals surface area contributed by atoms with E-state index in [0.29, 0.717) is 12.1 Å². The number of ether oxygens (including phenoxy) is 1. The Morgan fingerprint density at radius 2 is 2.25 bits per heavy atom. The summed E-state index contributed by atoms with van der Waals surface area (Å²) in [5, 5.41) is 0.728. The molecule has 0 bridgehead atoms. The maximum Gasteiger partial charge on any atom is 0.0618 e. The second kappa shape index (κ2) is 7.54. The molecule has 3 unspecified atom stereocenters. The van der Waals surface area contributed by atoms with Crippen molar-refractivity contribution in [2.45, 2.75) is 44.0 Å². The van der Waals surface area contributed by atoms with Gasteiger partial charge in [0.05, 0.1) is 6.61 Å². The highest BCUT2D eigenvalue weighted by atomic mass is 32.2. The van der Waals surface area contributed by atoms with Gasteiger partial charge in [-0.1, -0.05) is 6.92 Å². The fourth-order valence-corrected chi connectivity index (χ4v) is 3.49. The van der Waals surface area contributed by atoms with Crippen LogP contribution in [0.5, 0.6) is 0 Å². The Labute approximate surface area is 104 Å². The van der Waals surface area contributed by atoms with Crippen molar-refractivity contribution in [2.75, 3.05) is 32.6 Å². The standard InChI is InChI=1S/C12H26N2OS/c1-10-11(2)16-8-7-14(10)12(9-15-3)5-4-6-13/h10-12H,4-9,13H2,1-3H3. The zero-order chi connectivity index (χ0) is 12.0. The summed E-state index contributed by atoms with van der Waals surface area (Å²) < 4.78 is 5.35. The first kappa shape index (κ1) is 14.3. The summed E-state index contributed by atoms with van der Waals surface area (Å²) in [6, 6.07) is 1.20. The average Bonchev–Trinajstić information content (AvgIpc) is 2.28. The van der Waals surface area contributed by atoms with Crippen LogP contribution in [-0.4, -0.2) is 54.8 Å². The first-order chi connectivity index (χ1) is 7.70. The largest absolute Gasteiger partial charge is 0.383 e. The summed E-state index contributed by atoms with van der Waals surface area (Å²) in [6.45, 7) is 7.47. The maximum atomic E-state index is 5.60.